The molecule has 0 spiro atoms. The van der Waals surface area contributed by atoms with Gasteiger partial charge in [0.15, 0.2) is 11.3 Å². The molecule has 0 atom stereocenters. The fourth-order valence-corrected chi connectivity index (χ4v) is 1.86. The second kappa shape index (κ2) is 2.70. The van der Waals surface area contributed by atoms with Gasteiger partial charge in [0.2, 0.25) is 0 Å². The second-order valence-electron chi connectivity index (χ2n) is 2.55. The highest BCUT2D eigenvalue weighted by molar-refractivity contribution is 7.20. The quantitative estimate of drug-likeness (QED) is 0.408. The van der Waals surface area contributed by atoms with Gasteiger partial charge in [0, 0.05) is 6.07 Å². The number of hydrogen-bond acceptors (Lipinski definition) is 5. The van der Waals surface area contributed by atoms with Crippen molar-refractivity contribution in [3.63, 3.8) is 0 Å². The average Bonchev–Trinajstić information content (AvgIpc) is 2.48. The molecule has 0 amide bonds. The Morgan fingerprint density at radius 3 is 3.00 bits per heavy atom. The van der Waals surface area contributed by atoms with Crippen LogP contribution in [0.25, 0.3) is 10.2 Å². The van der Waals surface area contributed by atoms with Crippen LogP contribution in [0.2, 0.25) is 0 Å². The molecular formula is C8H6N2O2S. The summed E-state index contributed by atoms with van der Waals surface area (Å²) < 4.78 is 0.803. The van der Waals surface area contributed by atoms with Crippen molar-refractivity contribution in [2.24, 2.45) is 0 Å². The monoisotopic (exact) mass is 194 g/mol. The van der Waals surface area contributed by atoms with E-state index >= 15 is 0 Å². The molecule has 1 aromatic heterocycles. The minimum absolute atomic E-state index is 0.00440. The molecule has 2 rings (SSSR count). The molecule has 0 fully saturated rings. The van der Waals surface area contributed by atoms with Gasteiger partial charge in [-0.2, -0.15) is 0 Å². The Morgan fingerprint density at radius 2 is 2.31 bits per heavy atom. The highest BCUT2D eigenvalue weighted by atomic mass is 32.1. The van der Waals surface area contributed by atoms with Crippen LogP contribution in [0, 0.1) is 0 Å². The Hall–Kier alpha value is -1.62. The first-order valence-electron chi connectivity index (χ1n) is 3.55. The highest BCUT2D eigenvalue weighted by Crippen LogP contribution is 2.29. The van der Waals surface area contributed by atoms with Crippen LogP contribution in [-0.2, 0) is 0 Å². The number of hydrogen-bond donors (Lipinski definition) is 2. The molecule has 1 heterocycles. The molecule has 0 bridgehead atoms. The van der Waals surface area contributed by atoms with E-state index in [4.69, 9.17) is 5.73 Å². The summed E-state index contributed by atoms with van der Waals surface area (Å²) in [6.45, 7) is 0. The Kier molecular flexibility index (Phi) is 1.66. The van der Waals surface area contributed by atoms with E-state index in [1.807, 2.05) is 0 Å². The van der Waals surface area contributed by atoms with Gasteiger partial charge in [0.1, 0.15) is 5.75 Å². The third kappa shape index (κ3) is 1.23. The summed E-state index contributed by atoms with van der Waals surface area (Å²) in [4.78, 5) is 14.4. The van der Waals surface area contributed by atoms with Crippen molar-refractivity contribution in [1.82, 2.24) is 4.98 Å². The minimum atomic E-state index is -0.00440. The first-order valence-corrected chi connectivity index (χ1v) is 4.36. The van der Waals surface area contributed by atoms with Crippen LogP contribution in [0.4, 0.5) is 5.69 Å². The maximum absolute atomic E-state index is 10.4. The fourth-order valence-electron chi connectivity index (χ4n) is 1.05. The smallest absolute Gasteiger partial charge is 0.178 e. The number of anilines is 1. The van der Waals surface area contributed by atoms with Gasteiger partial charge >= 0.3 is 0 Å². The van der Waals surface area contributed by atoms with Crippen molar-refractivity contribution in [3.8, 4) is 5.75 Å². The number of nitrogens with zero attached hydrogens (tertiary/aromatic N) is 1. The van der Waals surface area contributed by atoms with E-state index in [0.717, 1.165) is 4.70 Å². The summed E-state index contributed by atoms with van der Waals surface area (Å²) in [5.74, 6) is -0.00440. The molecule has 66 valence electrons. The zero-order valence-electron chi connectivity index (χ0n) is 6.52. The lowest BCUT2D eigenvalue weighted by atomic mass is 10.3. The molecule has 5 heteroatoms. The maximum atomic E-state index is 10.4. The van der Waals surface area contributed by atoms with E-state index in [1.54, 1.807) is 6.07 Å². The van der Waals surface area contributed by atoms with Gasteiger partial charge in [0.25, 0.3) is 0 Å². The number of thiazole rings is 1. The molecule has 2 aromatic rings. The van der Waals surface area contributed by atoms with Gasteiger partial charge in [-0.3, -0.25) is 4.79 Å². The topological polar surface area (TPSA) is 76.2 Å². The van der Waals surface area contributed by atoms with Gasteiger partial charge in [-0.25, -0.2) is 4.98 Å². The lowest BCUT2D eigenvalue weighted by molar-refractivity contribution is 0.112. The van der Waals surface area contributed by atoms with Crippen molar-refractivity contribution in [2.75, 3.05) is 5.73 Å². The molecule has 0 unspecified atom stereocenters. The van der Waals surface area contributed by atoms with Gasteiger partial charge in [-0.1, -0.05) is 0 Å². The van der Waals surface area contributed by atoms with Crippen LogP contribution in [-0.4, -0.2) is 16.4 Å². The Balaban J connectivity index is 2.77. The summed E-state index contributed by atoms with van der Waals surface area (Å²) in [5.41, 5.74) is 6.37. The summed E-state index contributed by atoms with van der Waals surface area (Å²) >= 11 is 1.25. The molecule has 0 aliphatic rings. The molecular weight excluding hydrogens is 188 g/mol. The number of aromatic hydroxyl groups is 1. The van der Waals surface area contributed by atoms with Crippen molar-refractivity contribution in [1.29, 1.82) is 0 Å². The number of nitrogen functional groups attached to an aromatic ring is 1. The number of carbonyl (C=O) groups excluding carboxylic acids is 1. The third-order valence-electron chi connectivity index (χ3n) is 1.65. The molecule has 0 saturated carbocycles. The summed E-state index contributed by atoms with van der Waals surface area (Å²) in [6.07, 6.45) is 0.678. The van der Waals surface area contributed by atoms with Crippen LogP contribution in [0.3, 0.4) is 0 Å². The van der Waals surface area contributed by atoms with E-state index in [9.17, 15) is 9.90 Å². The average molecular weight is 194 g/mol. The van der Waals surface area contributed by atoms with Crippen LogP contribution >= 0.6 is 11.3 Å². The number of phenols is 1. The number of phenolic OH excluding ortho intramolecular Hbond substituents is 1. The van der Waals surface area contributed by atoms with Crippen LogP contribution in [0.5, 0.6) is 5.75 Å². The maximum Gasteiger partial charge on any atom is 0.178 e. The molecule has 13 heavy (non-hydrogen) atoms. The Bertz CT molecular complexity index is 439. The molecule has 1 aromatic carbocycles. The highest BCUT2D eigenvalue weighted by Gasteiger charge is 2.05. The Labute approximate surface area is 77.6 Å². The van der Waals surface area contributed by atoms with E-state index < -0.39 is 0 Å². The molecule has 0 aliphatic heterocycles. The number of nitrogens with two attached hydrogens (primary N) is 1. The third-order valence-corrected chi connectivity index (χ3v) is 2.60. The predicted molar refractivity (Wildman–Crippen MR) is 51.1 cm³/mol. The molecule has 0 aliphatic carbocycles. The number of aromatic nitrogens is 1. The van der Waals surface area contributed by atoms with Gasteiger partial charge in [-0.05, 0) is 6.07 Å². The van der Waals surface area contributed by atoms with Crippen LogP contribution in [0.1, 0.15) is 9.80 Å². The normalized spacial score (nSPS) is 10.5. The lowest BCUT2D eigenvalue weighted by Gasteiger charge is -1.95. The number of aldehydes is 1. The molecule has 4 nitrogen and oxygen atoms in total. The number of benzene rings is 1. The van der Waals surface area contributed by atoms with Crippen molar-refractivity contribution >= 4 is 33.5 Å². The first-order chi connectivity index (χ1) is 6.20. The summed E-state index contributed by atoms with van der Waals surface area (Å²) in [7, 11) is 0. The van der Waals surface area contributed by atoms with E-state index in [-0.39, 0.29) is 5.75 Å². The summed E-state index contributed by atoms with van der Waals surface area (Å²) in [6, 6.07) is 3.06. The van der Waals surface area contributed by atoms with Crippen LogP contribution in [0.15, 0.2) is 12.1 Å². The summed E-state index contributed by atoms with van der Waals surface area (Å²) in [5, 5.41) is 9.64. The van der Waals surface area contributed by atoms with E-state index in [2.05, 4.69) is 4.98 Å². The largest absolute Gasteiger partial charge is 0.506 e. The van der Waals surface area contributed by atoms with Crippen molar-refractivity contribution in [3.05, 3.63) is 17.1 Å². The SMILES string of the molecule is Nc1cc2sc(C=O)nc2cc1O. The minimum Gasteiger partial charge on any atom is -0.506 e. The fraction of sp³-hybridized carbons (Fsp3) is 0. The molecule has 3 N–H and O–H groups in total. The second-order valence-corrected chi connectivity index (χ2v) is 3.61. The Morgan fingerprint density at radius 1 is 1.54 bits per heavy atom. The van der Waals surface area contributed by atoms with Crippen LogP contribution < -0.4 is 5.73 Å². The van der Waals surface area contributed by atoms with Gasteiger partial charge < -0.3 is 10.8 Å². The standard InChI is InChI=1S/C8H6N2O2S/c9-4-1-7-5(2-6(4)12)10-8(3-11)13-7/h1-3,12H,9H2. The van der Waals surface area contributed by atoms with E-state index in [1.165, 1.54) is 17.4 Å². The zero-order valence-corrected chi connectivity index (χ0v) is 7.34. The number of rotatable bonds is 1. The molecule has 0 saturated heterocycles. The van der Waals surface area contributed by atoms with Crippen molar-refractivity contribution < 1.29 is 9.90 Å². The van der Waals surface area contributed by atoms with E-state index in [0.29, 0.717) is 22.5 Å². The zero-order chi connectivity index (χ0) is 9.42. The van der Waals surface area contributed by atoms with Gasteiger partial charge in [0.05, 0.1) is 15.9 Å². The lowest BCUT2D eigenvalue weighted by Crippen LogP contribution is -1.84. The predicted octanol–water partition coefficient (Wildman–Crippen LogP) is 1.40. The van der Waals surface area contributed by atoms with Crippen molar-refractivity contribution in [2.45, 2.75) is 0 Å². The first kappa shape index (κ1) is 8.00. The number of carbonyl (C=O) groups is 1. The number of fused-ring (bicyclic) bond motifs is 1. The van der Waals surface area contributed by atoms with Gasteiger partial charge in [-0.15, -0.1) is 11.3 Å². The molecule has 0 radical (unpaired) electrons.